The first kappa shape index (κ1) is 29.1. The smallest absolute Gasteiger partial charge is 0.387 e. The van der Waals surface area contributed by atoms with Crippen molar-refractivity contribution in [3.8, 4) is 11.1 Å². The highest BCUT2D eigenvalue weighted by molar-refractivity contribution is 6.08. The fraction of sp³-hybridized carbons (Fsp3) is 0.286. The van der Waals surface area contributed by atoms with Crippen molar-refractivity contribution in [1.82, 2.24) is 5.32 Å². The second kappa shape index (κ2) is 10.9. The van der Waals surface area contributed by atoms with Gasteiger partial charge in [0.15, 0.2) is 0 Å². The van der Waals surface area contributed by atoms with Gasteiger partial charge in [-0.3, -0.25) is 9.59 Å². The van der Waals surface area contributed by atoms with Crippen molar-refractivity contribution in [2.45, 2.75) is 44.3 Å². The Morgan fingerprint density at radius 1 is 0.975 bits per heavy atom. The van der Waals surface area contributed by atoms with Crippen molar-refractivity contribution in [3.63, 3.8) is 0 Å². The van der Waals surface area contributed by atoms with Crippen molar-refractivity contribution in [1.29, 1.82) is 0 Å². The van der Waals surface area contributed by atoms with E-state index >= 15 is 0 Å². The number of halogens is 6. The molecule has 0 spiro atoms. The lowest BCUT2D eigenvalue weighted by atomic mass is 9.91. The lowest BCUT2D eigenvalue weighted by Crippen LogP contribution is -2.40. The van der Waals surface area contributed by atoms with E-state index in [4.69, 9.17) is 0 Å². The maximum atomic E-state index is 13.2. The van der Waals surface area contributed by atoms with Crippen LogP contribution in [0.3, 0.4) is 0 Å². The molecule has 3 aromatic carbocycles. The molecular weight excluding hydrogens is 540 g/mol. The molecule has 4 rings (SSSR count). The predicted octanol–water partition coefficient (Wildman–Crippen LogP) is 6.10. The molecule has 2 amide bonds. The summed E-state index contributed by atoms with van der Waals surface area (Å²) in [5, 5.41) is 18.7. The van der Waals surface area contributed by atoms with Gasteiger partial charge in [0.1, 0.15) is 0 Å². The zero-order chi connectivity index (χ0) is 29.4. The van der Waals surface area contributed by atoms with Gasteiger partial charge in [0, 0.05) is 12.1 Å². The van der Waals surface area contributed by atoms with Crippen LogP contribution < -0.4 is 16.0 Å². The highest BCUT2D eigenvalue weighted by Gasteiger charge is 2.37. The number of fused-ring (bicyclic) bond motifs is 3. The minimum Gasteiger partial charge on any atom is -0.387 e. The molecule has 12 heteroatoms. The fourth-order valence-corrected chi connectivity index (χ4v) is 4.45. The van der Waals surface area contributed by atoms with Crippen LogP contribution in [0, 0.1) is 0 Å². The lowest BCUT2D eigenvalue weighted by molar-refractivity contribution is -0.143. The van der Waals surface area contributed by atoms with E-state index in [1.165, 1.54) is 6.92 Å². The van der Waals surface area contributed by atoms with E-state index in [2.05, 4.69) is 16.0 Å². The minimum atomic E-state index is -5.06. The van der Waals surface area contributed by atoms with Crippen LogP contribution in [-0.2, 0) is 21.9 Å². The monoisotopic (exact) mass is 565 g/mol. The summed E-state index contributed by atoms with van der Waals surface area (Å²) in [6, 6.07) is 12.1. The largest absolute Gasteiger partial charge is 0.416 e. The summed E-state index contributed by atoms with van der Waals surface area (Å²) in [5.74, 6) is -1.26. The Morgan fingerprint density at radius 2 is 1.60 bits per heavy atom. The van der Waals surface area contributed by atoms with Gasteiger partial charge in [-0.25, -0.2) is 0 Å². The van der Waals surface area contributed by atoms with Gasteiger partial charge in [-0.05, 0) is 60.9 Å². The third kappa shape index (κ3) is 6.13. The van der Waals surface area contributed by atoms with E-state index in [9.17, 15) is 41.0 Å². The summed E-state index contributed by atoms with van der Waals surface area (Å²) in [7, 11) is 0. The highest BCUT2D eigenvalue weighted by Crippen LogP contribution is 2.42. The molecule has 0 fully saturated rings. The summed E-state index contributed by atoms with van der Waals surface area (Å²) in [4.78, 5) is 25.6. The first-order chi connectivity index (χ1) is 18.7. The summed E-state index contributed by atoms with van der Waals surface area (Å²) in [5.41, 5.74) is -0.749. The van der Waals surface area contributed by atoms with Gasteiger partial charge < -0.3 is 21.1 Å². The summed E-state index contributed by atoms with van der Waals surface area (Å²) in [6.45, 7) is 2.68. The Labute approximate surface area is 225 Å². The van der Waals surface area contributed by atoms with Crippen LogP contribution in [-0.4, -0.2) is 29.5 Å². The van der Waals surface area contributed by atoms with Crippen molar-refractivity contribution >= 4 is 23.2 Å². The van der Waals surface area contributed by atoms with E-state index < -0.39 is 59.6 Å². The minimum absolute atomic E-state index is 0.0240. The molecule has 0 aliphatic carbocycles. The Balaban J connectivity index is 1.52. The van der Waals surface area contributed by atoms with Crippen LogP contribution in [0.4, 0.5) is 37.7 Å². The zero-order valence-electron chi connectivity index (χ0n) is 21.2. The van der Waals surface area contributed by atoms with Crippen molar-refractivity contribution in [2.24, 2.45) is 0 Å². The predicted molar refractivity (Wildman–Crippen MR) is 136 cm³/mol. The molecular formula is C28H25F6N3O3. The number of hydrogen-bond donors (Lipinski definition) is 4. The first-order valence-corrected chi connectivity index (χ1v) is 12.2. The number of aliphatic hydroxyl groups excluding tert-OH is 1. The number of aliphatic hydroxyl groups is 1. The molecule has 0 saturated carbocycles. The molecule has 3 atom stereocenters. The van der Waals surface area contributed by atoms with Crippen molar-refractivity contribution in [2.75, 3.05) is 17.2 Å². The molecule has 0 bridgehead atoms. The number of rotatable bonds is 6. The average Bonchev–Trinajstić information content (AvgIpc) is 3.00. The van der Waals surface area contributed by atoms with E-state index in [-0.39, 0.29) is 12.0 Å². The molecule has 40 heavy (non-hydrogen) atoms. The molecule has 1 unspecified atom stereocenters. The summed E-state index contributed by atoms with van der Waals surface area (Å²) >= 11 is 0. The number of alkyl halides is 6. The number of benzene rings is 3. The van der Waals surface area contributed by atoms with Crippen molar-refractivity contribution in [3.05, 3.63) is 82.9 Å². The molecule has 0 radical (unpaired) electrons. The van der Waals surface area contributed by atoms with Crippen molar-refractivity contribution < 1.29 is 41.0 Å². The molecule has 3 aromatic rings. The molecule has 1 aliphatic heterocycles. The normalized spacial score (nSPS) is 16.7. The molecule has 212 valence electrons. The van der Waals surface area contributed by atoms with Gasteiger partial charge >= 0.3 is 12.4 Å². The van der Waals surface area contributed by atoms with Gasteiger partial charge in [-0.2, -0.15) is 26.3 Å². The molecule has 4 N–H and O–H groups in total. The number of amides is 2. The van der Waals surface area contributed by atoms with Crippen LogP contribution in [0.2, 0.25) is 0 Å². The summed E-state index contributed by atoms with van der Waals surface area (Å²) < 4.78 is 79.0. The second-order valence-corrected chi connectivity index (χ2v) is 9.50. The topological polar surface area (TPSA) is 90.5 Å². The fourth-order valence-electron chi connectivity index (χ4n) is 4.45. The van der Waals surface area contributed by atoms with E-state index in [1.807, 2.05) is 12.1 Å². The summed E-state index contributed by atoms with van der Waals surface area (Å²) in [6.07, 6.45) is -11.9. The zero-order valence-corrected chi connectivity index (χ0v) is 21.2. The molecule has 1 heterocycles. The molecule has 1 aliphatic rings. The number of hydrogen-bond acceptors (Lipinski definition) is 4. The van der Waals surface area contributed by atoms with Crippen LogP contribution in [0.1, 0.15) is 48.1 Å². The van der Waals surface area contributed by atoms with E-state index in [0.717, 1.165) is 11.1 Å². The highest BCUT2D eigenvalue weighted by atomic mass is 19.4. The van der Waals surface area contributed by atoms with Gasteiger partial charge in [-0.15, -0.1) is 0 Å². The van der Waals surface area contributed by atoms with Crippen LogP contribution in [0.5, 0.6) is 0 Å². The molecule has 0 saturated heterocycles. The number of nitrogens with one attached hydrogen (secondary N) is 3. The van der Waals surface area contributed by atoms with Gasteiger partial charge in [0.05, 0.1) is 40.6 Å². The number of carbonyl (C=O) groups is 2. The van der Waals surface area contributed by atoms with Gasteiger partial charge in [-0.1, -0.05) is 30.3 Å². The SMILES string of the molecule is CC1C(=O)Nc2cccc(NC(=O)[C@H](C)NC[C@@H](O)c3cc(C(F)(F)F)cc(C(F)(F)F)c3)c2-c2ccccc21. The lowest BCUT2D eigenvalue weighted by Gasteiger charge is -2.21. The standard InChI is InChI=1S/C28H25F6N3O3/c1-14-19-6-3-4-7-20(19)24-21(36-25(14)39)8-5-9-22(24)37-26(40)15(2)35-13-23(38)16-10-17(27(29,30)31)12-18(11-16)28(32,33)34/h3-12,14-15,23,35,38H,13H2,1-2H3,(H,36,39)(H,37,40)/t14?,15-,23+/m0/s1. The van der Waals surface area contributed by atoms with E-state index in [0.29, 0.717) is 29.1 Å². The average molecular weight is 566 g/mol. The Bertz CT molecular complexity index is 1410. The number of carbonyl (C=O) groups excluding carboxylic acids is 2. The van der Waals surface area contributed by atoms with Crippen LogP contribution in [0.15, 0.2) is 60.7 Å². The quantitative estimate of drug-likeness (QED) is 0.272. The van der Waals surface area contributed by atoms with Crippen LogP contribution in [0.25, 0.3) is 11.1 Å². The maximum absolute atomic E-state index is 13.2. The number of anilines is 2. The van der Waals surface area contributed by atoms with Crippen LogP contribution >= 0.6 is 0 Å². The van der Waals surface area contributed by atoms with E-state index in [1.54, 1.807) is 37.3 Å². The Hall–Kier alpha value is -3.90. The Morgan fingerprint density at radius 3 is 2.23 bits per heavy atom. The maximum Gasteiger partial charge on any atom is 0.416 e. The molecule has 0 aromatic heterocycles. The molecule has 6 nitrogen and oxygen atoms in total. The Kier molecular flexibility index (Phi) is 7.95. The second-order valence-electron chi connectivity index (χ2n) is 9.50. The third-order valence-corrected chi connectivity index (χ3v) is 6.68. The third-order valence-electron chi connectivity index (χ3n) is 6.68. The first-order valence-electron chi connectivity index (χ1n) is 12.2. The van der Waals surface area contributed by atoms with Gasteiger partial charge in [0.25, 0.3) is 0 Å². The van der Waals surface area contributed by atoms with Gasteiger partial charge in [0.2, 0.25) is 11.8 Å².